The van der Waals surface area contributed by atoms with Crippen molar-refractivity contribution in [2.24, 2.45) is 0 Å². The predicted molar refractivity (Wildman–Crippen MR) is 135 cm³/mol. The van der Waals surface area contributed by atoms with Gasteiger partial charge in [-0.05, 0) is 19.8 Å². The van der Waals surface area contributed by atoms with E-state index in [4.69, 9.17) is 11.2 Å². The van der Waals surface area contributed by atoms with Crippen LogP contribution in [0.5, 0.6) is 0 Å². The molecule has 1 N–H and O–H groups in total. The highest BCUT2D eigenvalue weighted by molar-refractivity contribution is 5.92. The van der Waals surface area contributed by atoms with Gasteiger partial charge in [-0.3, -0.25) is 9.59 Å². The summed E-state index contributed by atoms with van der Waals surface area (Å²) in [6.07, 6.45) is 28.5. The first-order valence-corrected chi connectivity index (χ1v) is 13.2. The number of carbonyl (C=O) groups is 2. The standard InChI is InChI=1S/C28H49NO3/c1-4-6-8-9-10-11-12-13-14-15-16-17-18-19-21-23-27(30)32-25-24-29-28(31)26(3)22-20-7-5-2/h2,22H,4,6-21,23-25H2,1,3H3,(H,29,31)/b26-22+. The second-order valence-corrected chi connectivity index (χ2v) is 8.81. The lowest BCUT2D eigenvalue weighted by Crippen LogP contribution is -2.28. The topological polar surface area (TPSA) is 55.4 Å². The van der Waals surface area contributed by atoms with Gasteiger partial charge in [-0.15, -0.1) is 12.3 Å². The highest BCUT2D eigenvalue weighted by Crippen LogP contribution is 2.13. The summed E-state index contributed by atoms with van der Waals surface area (Å²) in [6.45, 7) is 4.59. The van der Waals surface area contributed by atoms with Gasteiger partial charge in [-0.2, -0.15) is 0 Å². The van der Waals surface area contributed by atoms with Gasteiger partial charge in [0.15, 0.2) is 0 Å². The van der Waals surface area contributed by atoms with Crippen molar-refractivity contribution >= 4 is 11.9 Å². The summed E-state index contributed by atoms with van der Waals surface area (Å²) in [5, 5.41) is 2.75. The molecule has 0 aromatic carbocycles. The third-order valence-electron chi connectivity index (χ3n) is 5.73. The third-order valence-corrected chi connectivity index (χ3v) is 5.73. The van der Waals surface area contributed by atoms with Crippen LogP contribution in [0.25, 0.3) is 0 Å². The Kier molecular flexibility index (Phi) is 22.6. The van der Waals surface area contributed by atoms with Crippen LogP contribution in [0.4, 0.5) is 0 Å². The summed E-state index contributed by atoms with van der Waals surface area (Å²) >= 11 is 0. The monoisotopic (exact) mass is 447 g/mol. The minimum atomic E-state index is -0.171. The van der Waals surface area contributed by atoms with Gasteiger partial charge in [0.25, 0.3) is 0 Å². The first-order chi connectivity index (χ1) is 15.6. The molecule has 0 aliphatic carbocycles. The Bertz CT molecular complexity index is 533. The van der Waals surface area contributed by atoms with Gasteiger partial charge < -0.3 is 10.1 Å². The zero-order valence-electron chi connectivity index (χ0n) is 21.0. The molecule has 0 saturated heterocycles. The van der Waals surface area contributed by atoms with Crippen LogP contribution in [0, 0.1) is 12.3 Å². The lowest BCUT2D eigenvalue weighted by molar-refractivity contribution is -0.144. The number of allylic oxidation sites excluding steroid dienone is 1. The SMILES string of the molecule is C#CCC/C=C(\C)C(=O)NCCOC(=O)CCCCCCCCCCCCCCCCC. The van der Waals surface area contributed by atoms with Crippen molar-refractivity contribution in [1.82, 2.24) is 5.32 Å². The van der Waals surface area contributed by atoms with Crippen molar-refractivity contribution in [2.75, 3.05) is 13.2 Å². The highest BCUT2D eigenvalue weighted by atomic mass is 16.5. The molecule has 184 valence electrons. The molecule has 1 amide bonds. The highest BCUT2D eigenvalue weighted by Gasteiger charge is 2.05. The summed E-state index contributed by atoms with van der Waals surface area (Å²) in [4.78, 5) is 23.6. The van der Waals surface area contributed by atoms with Gasteiger partial charge in [0, 0.05) is 18.4 Å². The molecule has 0 bridgehead atoms. The van der Waals surface area contributed by atoms with Gasteiger partial charge in [-0.1, -0.05) is 103 Å². The fourth-order valence-electron chi connectivity index (χ4n) is 3.65. The molecule has 0 radical (unpaired) electrons. The van der Waals surface area contributed by atoms with Crippen LogP contribution in [-0.4, -0.2) is 25.0 Å². The molecule has 4 nitrogen and oxygen atoms in total. The number of hydrogen-bond donors (Lipinski definition) is 1. The van der Waals surface area contributed by atoms with E-state index in [1.807, 2.05) is 6.08 Å². The zero-order chi connectivity index (χ0) is 23.7. The van der Waals surface area contributed by atoms with E-state index in [1.165, 1.54) is 83.5 Å². The molecule has 0 aliphatic heterocycles. The summed E-state index contributed by atoms with van der Waals surface area (Å²) < 4.78 is 5.19. The van der Waals surface area contributed by atoms with Crippen molar-refractivity contribution in [3.8, 4) is 12.3 Å². The molecule has 0 spiro atoms. The van der Waals surface area contributed by atoms with Crippen molar-refractivity contribution in [2.45, 2.75) is 129 Å². The van der Waals surface area contributed by atoms with Crippen LogP contribution >= 0.6 is 0 Å². The second kappa shape index (κ2) is 23.9. The van der Waals surface area contributed by atoms with Gasteiger partial charge >= 0.3 is 5.97 Å². The minimum absolute atomic E-state index is 0.138. The molecule has 4 heteroatoms. The molecule has 0 aliphatic rings. The Balaban J connectivity index is 3.37. The third kappa shape index (κ3) is 21.5. The van der Waals surface area contributed by atoms with E-state index in [2.05, 4.69) is 18.2 Å². The van der Waals surface area contributed by atoms with Crippen LogP contribution in [0.2, 0.25) is 0 Å². The summed E-state index contributed by atoms with van der Waals surface area (Å²) in [6, 6.07) is 0. The van der Waals surface area contributed by atoms with Gasteiger partial charge in [0.05, 0.1) is 6.54 Å². The van der Waals surface area contributed by atoms with E-state index in [9.17, 15) is 9.59 Å². The van der Waals surface area contributed by atoms with E-state index in [0.717, 1.165) is 12.8 Å². The Morgan fingerprint density at radius 2 is 1.34 bits per heavy atom. The number of rotatable bonds is 22. The van der Waals surface area contributed by atoms with Crippen LogP contribution < -0.4 is 5.32 Å². The smallest absolute Gasteiger partial charge is 0.305 e. The molecule has 0 heterocycles. The van der Waals surface area contributed by atoms with E-state index in [-0.39, 0.29) is 18.5 Å². The lowest BCUT2D eigenvalue weighted by Gasteiger charge is -2.07. The second-order valence-electron chi connectivity index (χ2n) is 8.81. The molecule has 0 fully saturated rings. The fraction of sp³-hybridized carbons (Fsp3) is 0.786. The fourth-order valence-corrected chi connectivity index (χ4v) is 3.65. The first kappa shape index (κ1) is 30.2. The number of unbranched alkanes of at least 4 members (excludes halogenated alkanes) is 15. The molecule has 0 atom stereocenters. The average Bonchev–Trinajstić information content (AvgIpc) is 2.79. The molecule has 0 aromatic heterocycles. The average molecular weight is 448 g/mol. The van der Waals surface area contributed by atoms with Crippen LogP contribution in [0.15, 0.2) is 11.6 Å². The van der Waals surface area contributed by atoms with E-state index in [0.29, 0.717) is 31.4 Å². The quantitative estimate of drug-likeness (QED) is 0.0822. The van der Waals surface area contributed by atoms with Crippen LogP contribution in [0.1, 0.15) is 129 Å². The summed E-state index contributed by atoms with van der Waals surface area (Å²) in [5.74, 6) is 2.23. The number of ether oxygens (including phenoxy) is 1. The molecular weight excluding hydrogens is 398 g/mol. The normalized spacial score (nSPS) is 11.2. The minimum Gasteiger partial charge on any atom is -0.464 e. The van der Waals surface area contributed by atoms with E-state index < -0.39 is 0 Å². The molecule has 0 rings (SSSR count). The molecule has 0 saturated carbocycles. The van der Waals surface area contributed by atoms with Crippen molar-refractivity contribution in [3.63, 3.8) is 0 Å². The number of hydrogen-bond acceptors (Lipinski definition) is 3. The number of nitrogens with one attached hydrogen (secondary N) is 1. The maximum absolute atomic E-state index is 11.8. The number of carbonyl (C=O) groups excluding carboxylic acids is 2. The van der Waals surface area contributed by atoms with Crippen LogP contribution in [-0.2, 0) is 14.3 Å². The number of esters is 1. The largest absolute Gasteiger partial charge is 0.464 e. The van der Waals surface area contributed by atoms with Crippen molar-refractivity contribution < 1.29 is 14.3 Å². The van der Waals surface area contributed by atoms with Gasteiger partial charge in [0.1, 0.15) is 6.61 Å². The summed E-state index contributed by atoms with van der Waals surface area (Å²) in [7, 11) is 0. The Morgan fingerprint density at radius 1 is 0.844 bits per heavy atom. The Labute approximate surface area is 198 Å². The lowest BCUT2D eigenvalue weighted by atomic mass is 10.0. The van der Waals surface area contributed by atoms with Crippen molar-refractivity contribution in [3.05, 3.63) is 11.6 Å². The molecule has 32 heavy (non-hydrogen) atoms. The summed E-state index contributed by atoms with van der Waals surface area (Å²) in [5.41, 5.74) is 0.643. The number of amides is 1. The van der Waals surface area contributed by atoms with E-state index >= 15 is 0 Å². The van der Waals surface area contributed by atoms with Crippen LogP contribution in [0.3, 0.4) is 0 Å². The Morgan fingerprint density at radius 3 is 1.84 bits per heavy atom. The molecular formula is C28H49NO3. The Hall–Kier alpha value is -1.76. The molecule has 0 unspecified atom stereocenters. The maximum atomic E-state index is 11.8. The van der Waals surface area contributed by atoms with E-state index in [1.54, 1.807) is 6.92 Å². The maximum Gasteiger partial charge on any atom is 0.305 e. The van der Waals surface area contributed by atoms with Gasteiger partial charge in [0.2, 0.25) is 5.91 Å². The first-order valence-electron chi connectivity index (χ1n) is 13.2. The molecule has 0 aromatic rings. The predicted octanol–water partition coefficient (Wildman–Crippen LogP) is 7.27. The zero-order valence-corrected chi connectivity index (χ0v) is 21.0. The van der Waals surface area contributed by atoms with Gasteiger partial charge in [-0.25, -0.2) is 0 Å². The number of terminal acetylenes is 1. The van der Waals surface area contributed by atoms with Crippen molar-refractivity contribution in [1.29, 1.82) is 0 Å².